The fourth-order valence-electron chi connectivity index (χ4n) is 2.67. The Morgan fingerprint density at radius 2 is 2.25 bits per heavy atom. The molecule has 1 saturated heterocycles. The molecule has 1 aromatic rings. The molecule has 2 rings (SSSR count). The lowest BCUT2D eigenvalue weighted by molar-refractivity contribution is -0.123. The maximum Gasteiger partial charge on any atom is 0.242 e. The van der Waals surface area contributed by atoms with Crippen molar-refractivity contribution in [3.8, 4) is 0 Å². The van der Waals surface area contributed by atoms with Gasteiger partial charge >= 0.3 is 0 Å². The van der Waals surface area contributed by atoms with E-state index in [1.54, 1.807) is 19.9 Å². The summed E-state index contributed by atoms with van der Waals surface area (Å²) in [4.78, 5) is 13.9. The van der Waals surface area contributed by atoms with Crippen LogP contribution in [0.5, 0.6) is 0 Å². The quantitative estimate of drug-likeness (QED) is 0.889. The number of aliphatic hydroxyl groups is 1. The fourth-order valence-corrected chi connectivity index (χ4v) is 2.67. The molecule has 5 heteroatoms. The van der Waals surface area contributed by atoms with E-state index in [1.807, 2.05) is 11.8 Å². The smallest absolute Gasteiger partial charge is 0.242 e. The van der Waals surface area contributed by atoms with Crippen molar-refractivity contribution >= 4 is 11.6 Å². The average Bonchev–Trinajstić information content (AvgIpc) is 2.40. The molecule has 0 aromatic heterocycles. The van der Waals surface area contributed by atoms with Crippen LogP contribution in [0, 0.1) is 12.7 Å². The molecule has 0 bridgehead atoms. The Balaban J connectivity index is 2.49. The Hall–Kier alpha value is -1.62. The summed E-state index contributed by atoms with van der Waals surface area (Å²) in [6.45, 7) is 6.47. The molecule has 1 heterocycles. The molecule has 0 saturated carbocycles. The second-order valence-corrected chi connectivity index (χ2v) is 5.24. The Labute approximate surface area is 118 Å². The molecule has 1 aromatic carbocycles. The molecule has 1 aliphatic heterocycles. The van der Waals surface area contributed by atoms with Gasteiger partial charge < -0.3 is 15.3 Å². The highest BCUT2D eigenvalue weighted by molar-refractivity contribution is 5.87. The molecule has 2 N–H and O–H groups in total. The lowest BCUT2D eigenvalue weighted by Gasteiger charge is -2.38. The normalized spacial score (nSPS) is 20.8. The van der Waals surface area contributed by atoms with Gasteiger partial charge in [0.1, 0.15) is 11.9 Å². The molecule has 1 amide bonds. The number of carbonyl (C=O) groups excluding carboxylic acids is 1. The predicted molar refractivity (Wildman–Crippen MR) is 76.2 cm³/mol. The standard InChI is InChI=1S/C15H21FN2O2/c1-4-13-15(20)17-5-6-18(13)14-7-9(2)12(16)8-11(14)10(3)19/h7-8,10,13,19H,4-6H2,1-3H3,(H,17,20)/t10-,13?/m1/s1. The van der Waals surface area contributed by atoms with Crippen LogP contribution >= 0.6 is 0 Å². The van der Waals surface area contributed by atoms with Gasteiger partial charge in [0.2, 0.25) is 5.91 Å². The third-order valence-corrected chi connectivity index (χ3v) is 3.78. The first-order chi connectivity index (χ1) is 9.45. The zero-order valence-electron chi connectivity index (χ0n) is 12.1. The van der Waals surface area contributed by atoms with Crippen LogP contribution in [0.4, 0.5) is 10.1 Å². The number of hydrogen-bond acceptors (Lipinski definition) is 3. The predicted octanol–water partition coefficient (Wildman–Crippen LogP) is 1.90. The molecule has 0 spiro atoms. The highest BCUT2D eigenvalue weighted by Gasteiger charge is 2.30. The number of aliphatic hydroxyl groups excluding tert-OH is 1. The van der Waals surface area contributed by atoms with Gasteiger partial charge in [-0.3, -0.25) is 4.79 Å². The van der Waals surface area contributed by atoms with E-state index < -0.39 is 6.10 Å². The van der Waals surface area contributed by atoms with Crippen molar-refractivity contribution in [2.75, 3.05) is 18.0 Å². The van der Waals surface area contributed by atoms with E-state index in [2.05, 4.69) is 5.32 Å². The van der Waals surface area contributed by atoms with Gasteiger partial charge in [-0.2, -0.15) is 0 Å². The van der Waals surface area contributed by atoms with Gasteiger partial charge in [0.15, 0.2) is 0 Å². The van der Waals surface area contributed by atoms with Crippen LogP contribution in [-0.2, 0) is 4.79 Å². The number of anilines is 1. The van der Waals surface area contributed by atoms with E-state index >= 15 is 0 Å². The van der Waals surface area contributed by atoms with E-state index in [0.717, 1.165) is 5.69 Å². The molecule has 1 aliphatic rings. The summed E-state index contributed by atoms with van der Waals surface area (Å²) < 4.78 is 13.7. The molecular weight excluding hydrogens is 259 g/mol. The highest BCUT2D eigenvalue weighted by Crippen LogP contribution is 2.31. The molecule has 1 fully saturated rings. The summed E-state index contributed by atoms with van der Waals surface area (Å²) in [6, 6.07) is 2.82. The van der Waals surface area contributed by atoms with Gasteiger partial charge in [0, 0.05) is 24.3 Å². The van der Waals surface area contributed by atoms with Crippen molar-refractivity contribution in [1.82, 2.24) is 5.32 Å². The summed E-state index contributed by atoms with van der Waals surface area (Å²) in [7, 11) is 0. The molecule has 20 heavy (non-hydrogen) atoms. The van der Waals surface area contributed by atoms with E-state index in [-0.39, 0.29) is 17.8 Å². The van der Waals surface area contributed by atoms with Crippen LogP contribution in [0.1, 0.15) is 37.5 Å². The SMILES string of the molecule is CCC1C(=O)NCCN1c1cc(C)c(F)cc1[C@@H](C)O. The fraction of sp³-hybridized carbons (Fsp3) is 0.533. The number of amides is 1. The Morgan fingerprint density at radius 3 is 2.85 bits per heavy atom. The minimum Gasteiger partial charge on any atom is -0.389 e. The van der Waals surface area contributed by atoms with Crippen molar-refractivity contribution in [2.45, 2.75) is 39.3 Å². The van der Waals surface area contributed by atoms with E-state index in [9.17, 15) is 14.3 Å². The van der Waals surface area contributed by atoms with E-state index in [4.69, 9.17) is 0 Å². The first-order valence-electron chi connectivity index (χ1n) is 6.98. The van der Waals surface area contributed by atoms with E-state index in [1.165, 1.54) is 6.07 Å². The van der Waals surface area contributed by atoms with Gasteiger partial charge in [0.25, 0.3) is 0 Å². The number of rotatable bonds is 3. The third kappa shape index (κ3) is 2.63. The Morgan fingerprint density at radius 1 is 1.55 bits per heavy atom. The van der Waals surface area contributed by atoms with Crippen molar-refractivity contribution < 1.29 is 14.3 Å². The first kappa shape index (κ1) is 14.8. The van der Waals surface area contributed by atoms with Gasteiger partial charge in [-0.1, -0.05) is 6.92 Å². The molecule has 0 aliphatic carbocycles. The molecule has 4 nitrogen and oxygen atoms in total. The first-order valence-corrected chi connectivity index (χ1v) is 6.98. The van der Waals surface area contributed by atoms with E-state index in [0.29, 0.717) is 30.6 Å². The minimum atomic E-state index is -0.775. The number of hydrogen-bond donors (Lipinski definition) is 2. The number of carbonyl (C=O) groups is 1. The minimum absolute atomic E-state index is 0.0164. The summed E-state index contributed by atoms with van der Waals surface area (Å²) in [5, 5.41) is 12.7. The van der Waals surface area contributed by atoms with Crippen LogP contribution in [0.25, 0.3) is 0 Å². The number of halogens is 1. The number of piperazine rings is 1. The lowest BCUT2D eigenvalue weighted by atomic mass is 10.0. The van der Waals surface area contributed by atoms with Gasteiger partial charge in [-0.15, -0.1) is 0 Å². The topological polar surface area (TPSA) is 52.6 Å². The molecule has 1 unspecified atom stereocenters. The lowest BCUT2D eigenvalue weighted by Crippen LogP contribution is -2.55. The Bertz CT molecular complexity index is 517. The largest absolute Gasteiger partial charge is 0.389 e. The van der Waals surface area contributed by atoms with Crippen LogP contribution in [0.15, 0.2) is 12.1 Å². The van der Waals surface area contributed by atoms with Crippen LogP contribution in [0.3, 0.4) is 0 Å². The van der Waals surface area contributed by atoms with Crippen LogP contribution in [0.2, 0.25) is 0 Å². The summed E-state index contributed by atoms with van der Waals surface area (Å²) in [6.07, 6.45) is -0.107. The Kier molecular flexibility index (Phi) is 4.28. The molecule has 110 valence electrons. The summed E-state index contributed by atoms with van der Waals surface area (Å²) >= 11 is 0. The monoisotopic (exact) mass is 280 g/mol. The zero-order chi connectivity index (χ0) is 14.9. The van der Waals surface area contributed by atoms with Gasteiger partial charge in [-0.05, 0) is 38.0 Å². The number of nitrogens with one attached hydrogen (secondary N) is 1. The number of nitrogens with zero attached hydrogens (tertiary/aromatic N) is 1. The zero-order valence-corrected chi connectivity index (χ0v) is 12.1. The average molecular weight is 280 g/mol. The molecule has 0 radical (unpaired) electrons. The van der Waals surface area contributed by atoms with Crippen LogP contribution in [-0.4, -0.2) is 30.1 Å². The molecule has 2 atom stereocenters. The van der Waals surface area contributed by atoms with Crippen LogP contribution < -0.4 is 10.2 Å². The molecular formula is C15H21FN2O2. The maximum absolute atomic E-state index is 13.7. The number of aryl methyl sites for hydroxylation is 1. The van der Waals surface area contributed by atoms with Crippen molar-refractivity contribution in [2.24, 2.45) is 0 Å². The highest BCUT2D eigenvalue weighted by atomic mass is 19.1. The summed E-state index contributed by atoms with van der Waals surface area (Å²) in [5.74, 6) is -0.351. The second-order valence-electron chi connectivity index (χ2n) is 5.24. The van der Waals surface area contributed by atoms with Crippen molar-refractivity contribution in [3.63, 3.8) is 0 Å². The van der Waals surface area contributed by atoms with Gasteiger partial charge in [0.05, 0.1) is 6.10 Å². The van der Waals surface area contributed by atoms with Gasteiger partial charge in [-0.25, -0.2) is 4.39 Å². The summed E-state index contributed by atoms with van der Waals surface area (Å²) in [5.41, 5.74) is 1.80. The second kappa shape index (κ2) is 5.79. The third-order valence-electron chi connectivity index (χ3n) is 3.78. The van der Waals surface area contributed by atoms with Crippen molar-refractivity contribution in [1.29, 1.82) is 0 Å². The maximum atomic E-state index is 13.7. The number of benzene rings is 1. The van der Waals surface area contributed by atoms with Crippen molar-refractivity contribution in [3.05, 3.63) is 29.1 Å².